The van der Waals surface area contributed by atoms with Crippen molar-refractivity contribution < 1.29 is 4.21 Å². The van der Waals surface area contributed by atoms with Gasteiger partial charge in [-0.1, -0.05) is 87.4 Å². The summed E-state index contributed by atoms with van der Waals surface area (Å²) in [6, 6.07) is 21.9. The number of rotatable bonds is 9. The first-order valence-electron chi connectivity index (χ1n) is 9.92. The summed E-state index contributed by atoms with van der Waals surface area (Å²) in [4.78, 5) is 0. The van der Waals surface area contributed by atoms with Gasteiger partial charge in [-0.05, 0) is 51.4 Å². The van der Waals surface area contributed by atoms with E-state index in [1.165, 1.54) is 10.6 Å². The third-order valence-corrected chi connectivity index (χ3v) is 9.18. The van der Waals surface area contributed by atoms with Crippen molar-refractivity contribution in [3.05, 3.63) is 60.7 Å². The number of nitrogens with one attached hydrogen (secondary N) is 1. The van der Waals surface area contributed by atoms with Gasteiger partial charge in [-0.3, -0.25) is 0 Å². The van der Waals surface area contributed by atoms with Crippen molar-refractivity contribution >= 4 is 29.5 Å². The zero-order valence-corrected chi connectivity index (χ0v) is 19.0. The molecule has 0 saturated heterocycles. The van der Waals surface area contributed by atoms with Crippen LogP contribution in [-0.4, -0.2) is 21.2 Å². The van der Waals surface area contributed by atoms with Crippen LogP contribution in [0.3, 0.4) is 0 Å². The van der Waals surface area contributed by atoms with Crippen LogP contribution in [0.25, 0.3) is 0 Å². The molecule has 0 fully saturated rings. The summed E-state index contributed by atoms with van der Waals surface area (Å²) in [5, 5.41) is 2.77. The van der Waals surface area contributed by atoms with Gasteiger partial charge < -0.3 is 0 Å². The van der Waals surface area contributed by atoms with Crippen LogP contribution in [-0.2, 0) is 11.0 Å². The molecular formula is C23H34NOPS. The molecule has 2 aromatic carbocycles. The van der Waals surface area contributed by atoms with Crippen molar-refractivity contribution in [2.24, 2.45) is 5.92 Å². The van der Waals surface area contributed by atoms with Gasteiger partial charge in [0.25, 0.3) is 0 Å². The number of benzene rings is 2. The molecule has 2 atom stereocenters. The van der Waals surface area contributed by atoms with Gasteiger partial charge in [-0.2, -0.15) is 0 Å². The standard InChI is InChI=1S/C23H34NOPS/c1-6-19(7-2)22(24-27(25)23(3,4)5)18-26(20-14-10-8-11-15-20)21-16-12-9-13-17-21/h8-17,19,22,24H,6-7,18H2,1-5H3/t22-,27?/m1/s1. The summed E-state index contributed by atoms with van der Waals surface area (Å²) in [6.45, 7) is 10.6. The minimum Gasteiger partial charge on any atom is -0.242 e. The Balaban J connectivity index is 2.35. The molecule has 1 unspecified atom stereocenters. The van der Waals surface area contributed by atoms with Crippen LogP contribution in [0.5, 0.6) is 0 Å². The van der Waals surface area contributed by atoms with Crippen LogP contribution in [0.2, 0.25) is 0 Å². The predicted molar refractivity (Wildman–Crippen MR) is 123 cm³/mol. The molecule has 0 aliphatic heterocycles. The zero-order valence-electron chi connectivity index (χ0n) is 17.3. The van der Waals surface area contributed by atoms with Crippen LogP contribution in [0, 0.1) is 5.92 Å². The van der Waals surface area contributed by atoms with E-state index in [0.717, 1.165) is 19.0 Å². The molecular weight excluding hydrogens is 369 g/mol. The minimum atomic E-state index is -1.06. The van der Waals surface area contributed by atoms with Crippen molar-refractivity contribution in [1.82, 2.24) is 4.72 Å². The fraction of sp³-hybridized carbons (Fsp3) is 0.478. The Bertz CT molecular complexity index is 656. The molecule has 0 aliphatic carbocycles. The average molecular weight is 404 g/mol. The van der Waals surface area contributed by atoms with E-state index in [9.17, 15) is 4.21 Å². The van der Waals surface area contributed by atoms with Gasteiger partial charge in [-0.25, -0.2) is 8.93 Å². The van der Waals surface area contributed by atoms with E-state index in [1.807, 2.05) is 20.8 Å². The highest BCUT2D eigenvalue weighted by atomic mass is 32.2. The van der Waals surface area contributed by atoms with Crippen molar-refractivity contribution in [2.45, 2.75) is 58.2 Å². The molecule has 0 spiro atoms. The summed E-state index contributed by atoms with van der Waals surface area (Å²) < 4.78 is 16.1. The lowest BCUT2D eigenvalue weighted by Crippen LogP contribution is -2.45. The van der Waals surface area contributed by atoms with E-state index in [0.29, 0.717) is 5.92 Å². The molecule has 0 aromatic heterocycles. The molecule has 0 bridgehead atoms. The smallest absolute Gasteiger partial charge is 0.0972 e. The molecule has 0 amide bonds. The van der Waals surface area contributed by atoms with Crippen molar-refractivity contribution in [3.8, 4) is 0 Å². The Kier molecular flexibility index (Phi) is 8.66. The van der Waals surface area contributed by atoms with Crippen LogP contribution >= 0.6 is 7.92 Å². The third kappa shape index (κ3) is 6.52. The molecule has 2 nitrogen and oxygen atoms in total. The largest absolute Gasteiger partial charge is 0.242 e. The van der Waals surface area contributed by atoms with Crippen molar-refractivity contribution in [2.75, 3.05) is 6.16 Å². The molecule has 0 radical (unpaired) electrons. The maximum Gasteiger partial charge on any atom is 0.0972 e. The third-order valence-electron chi connectivity index (χ3n) is 4.95. The maximum atomic E-state index is 12.9. The first kappa shape index (κ1) is 22.3. The second-order valence-electron chi connectivity index (χ2n) is 7.96. The summed E-state index contributed by atoms with van der Waals surface area (Å²) in [5.74, 6) is 0.522. The quantitative estimate of drug-likeness (QED) is 0.588. The number of hydrogen-bond acceptors (Lipinski definition) is 1. The Morgan fingerprint density at radius 3 is 1.70 bits per heavy atom. The summed E-state index contributed by atoms with van der Waals surface area (Å²) >= 11 is 0. The van der Waals surface area contributed by atoms with Gasteiger partial charge in [-0.15, -0.1) is 0 Å². The topological polar surface area (TPSA) is 29.1 Å². The van der Waals surface area contributed by atoms with Gasteiger partial charge in [0, 0.05) is 6.04 Å². The van der Waals surface area contributed by atoms with Gasteiger partial charge in [0.1, 0.15) is 0 Å². The van der Waals surface area contributed by atoms with E-state index < -0.39 is 18.9 Å². The molecule has 1 N–H and O–H groups in total. The highest BCUT2D eigenvalue weighted by Crippen LogP contribution is 2.36. The molecule has 2 aromatic rings. The van der Waals surface area contributed by atoms with Crippen LogP contribution < -0.4 is 15.3 Å². The first-order chi connectivity index (χ1) is 12.9. The normalized spacial score (nSPS) is 14.5. The van der Waals surface area contributed by atoms with Gasteiger partial charge in [0.2, 0.25) is 0 Å². The first-order valence-corrected chi connectivity index (χ1v) is 12.6. The Labute approximate surface area is 169 Å². The highest BCUT2D eigenvalue weighted by molar-refractivity contribution is 7.84. The Hall–Kier alpha value is -1.02. The van der Waals surface area contributed by atoms with Crippen LogP contribution in [0.4, 0.5) is 0 Å². The second kappa shape index (κ2) is 10.5. The SMILES string of the molecule is CCC(CC)[C@@H](CP(c1ccccc1)c1ccccc1)NS(=O)C(C)(C)C. The van der Waals surface area contributed by atoms with Crippen LogP contribution in [0.15, 0.2) is 60.7 Å². The lowest BCUT2D eigenvalue weighted by Gasteiger charge is -2.32. The molecule has 2 rings (SSSR count). The summed E-state index contributed by atoms with van der Waals surface area (Å²) in [5.41, 5.74) is 0. The Morgan fingerprint density at radius 1 is 0.889 bits per heavy atom. The maximum absolute atomic E-state index is 12.9. The van der Waals surface area contributed by atoms with Gasteiger partial charge in [0.15, 0.2) is 0 Å². The zero-order chi connectivity index (χ0) is 19.9. The number of hydrogen-bond donors (Lipinski definition) is 1. The summed E-state index contributed by atoms with van der Waals surface area (Å²) in [7, 11) is -1.56. The van der Waals surface area contributed by atoms with Gasteiger partial charge in [0.05, 0.1) is 15.7 Å². The average Bonchev–Trinajstić information content (AvgIpc) is 2.67. The molecule has 0 saturated carbocycles. The van der Waals surface area contributed by atoms with E-state index in [1.54, 1.807) is 0 Å². The lowest BCUT2D eigenvalue weighted by atomic mass is 9.96. The second-order valence-corrected chi connectivity index (χ2v) is 12.2. The van der Waals surface area contributed by atoms with Gasteiger partial charge >= 0.3 is 0 Å². The molecule has 148 valence electrons. The van der Waals surface area contributed by atoms with E-state index in [2.05, 4.69) is 79.2 Å². The molecule has 27 heavy (non-hydrogen) atoms. The van der Waals surface area contributed by atoms with Crippen molar-refractivity contribution in [3.63, 3.8) is 0 Å². The molecule has 4 heteroatoms. The molecule has 0 aliphatic rings. The molecule has 0 heterocycles. The lowest BCUT2D eigenvalue weighted by molar-refractivity contribution is 0.398. The van der Waals surface area contributed by atoms with E-state index in [4.69, 9.17) is 0 Å². The van der Waals surface area contributed by atoms with E-state index in [-0.39, 0.29) is 10.8 Å². The van der Waals surface area contributed by atoms with Crippen molar-refractivity contribution in [1.29, 1.82) is 0 Å². The fourth-order valence-corrected chi connectivity index (χ4v) is 6.82. The predicted octanol–water partition coefficient (Wildman–Crippen LogP) is 4.98. The Morgan fingerprint density at radius 2 is 1.33 bits per heavy atom. The fourth-order valence-electron chi connectivity index (χ4n) is 3.23. The van der Waals surface area contributed by atoms with Crippen LogP contribution in [0.1, 0.15) is 47.5 Å². The monoisotopic (exact) mass is 403 g/mol. The highest BCUT2D eigenvalue weighted by Gasteiger charge is 2.29. The minimum absolute atomic E-state index is 0.242. The van der Waals surface area contributed by atoms with E-state index >= 15 is 0 Å². The summed E-state index contributed by atoms with van der Waals surface area (Å²) in [6.07, 6.45) is 3.21.